The van der Waals surface area contributed by atoms with Gasteiger partial charge in [0.15, 0.2) is 5.82 Å². The zero-order chi connectivity index (χ0) is 11.7. The molecule has 0 saturated carbocycles. The van der Waals surface area contributed by atoms with Gasteiger partial charge in [0.2, 0.25) is 0 Å². The molecule has 0 unspecified atom stereocenters. The van der Waals surface area contributed by atoms with E-state index in [1.54, 1.807) is 19.1 Å². The summed E-state index contributed by atoms with van der Waals surface area (Å²) in [5, 5.41) is 1.39. The van der Waals surface area contributed by atoms with Crippen molar-refractivity contribution in [2.45, 2.75) is 6.92 Å². The first kappa shape index (κ1) is 11.6. The number of benzene rings is 1. The van der Waals surface area contributed by atoms with Crippen LogP contribution in [-0.4, -0.2) is 9.97 Å². The van der Waals surface area contributed by atoms with Crippen molar-refractivity contribution in [2.75, 3.05) is 0 Å². The molecule has 16 heavy (non-hydrogen) atoms. The average molecular weight is 274 g/mol. The standard InChI is InChI=1S/C11H7Cl3N2/c1-6-9(13)15-11(16-10(6)14)7-2-4-8(12)5-3-7/h2-5H,1H3. The molecule has 0 atom stereocenters. The van der Waals surface area contributed by atoms with Crippen LogP contribution in [0.5, 0.6) is 0 Å². The van der Waals surface area contributed by atoms with Crippen molar-refractivity contribution in [3.8, 4) is 11.4 Å². The van der Waals surface area contributed by atoms with Crippen molar-refractivity contribution in [1.29, 1.82) is 0 Å². The Kier molecular flexibility index (Phi) is 3.33. The number of hydrogen-bond donors (Lipinski definition) is 0. The molecule has 0 aliphatic rings. The summed E-state index contributed by atoms with van der Waals surface area (Å²) >= 11 is 17.7. The molecule has 5 heteroatoms. The van der Waals surface area contributed by atoms with E-state index in [0.717, 1.165) is 5.56 Å². The van der Waals surface area contributed by atoms with Crippen LogP contribution in [0.2, 0.25) is 15.3 Å². The monoisotopic (exact) mass is 272 g/mol. The Morgan fingerprint density at radius 3 is 1.88 bits per heavy atom. The lowest BCUT2D eigenvalue weighted by Crippen LogP contribution is -1.93. The van der Waals surface area contributed by atoms with Crippen LogP contribution >= 0.6 is 34.8 Å². The van der Waals surface area contributed by atoms with Gasteiger partial charge in [0, 0.05) is 16.1 Å². The fraction of sp³-hybridized carbons (Fsp3) is 0.0909. The van der Waals surface area contributed by atoms with E-state index in [-0.39, 0.29) is 0 Å². The van der Waals surface area contributed by atoms with Crippen LogP contribution in [0, 0.1) is 6.92 Å². The predicted octanol–water partition coefficient (Wildman–Crippen LogP) is 4.41. The van der Waals surface area contributed by atoms with Gasteiger partial charge < -0.3 is 0 Å². The zero-order valence-electron chi connectivity index (χ0n) is 8.34. The quantitative estimate of drug-likeness (QED) is 0.719. The van der Waals surface area contributed by atoms with E-state index in [2.05, 4.69) is 9.97 Å². The fourth-order valence-electron chi connectivity index (χ4n) is 1.19. The Morgan fingerprint density at radius 1 is 0.875 bits per heavy atom. The van der Waals surface area contributed by atoms with Gasteiger partial charge >= 0.3 is 0 Å². The topological polar surface area (TPSA) is 25.8 Å². The van der Waals surface area contributed by atoms with E-state index in [1.165, 1.54) is 0 Å². The first-order valence-corrected chi connectivity index (χ1v) is 5.67. The van der Waals surface area contributed by atoms with E-state index in [9.17, 15) is 0 Å². The lowest BCUT2D eigenvalue weighted by Gasteiger charge is -2.04. The van der Waals surface area contributed by atoms with Crippen LogP contribution in [0.15, 0.2) is 24.3 Å². The van der Waals surface area contributed by atoms with Gasteiger partial charge in [-0.3, -0.25) is 0 Å². The highest BCUT2D eigenvalue weighted by atomic mass is 35.5. The van der Waals surface area contributed by atoms with Crippen LogP contribution in [0.1, 0.15) is 5.56 Å². The molecule has 2 nitrogen and oxygen atoms in total. The third-order valence-corrected chi connectivity index (χ3v) is 3.12. The maximum Gasteiger partial charge on any atom is 0.162 e. The summed E-state index contributed by atoms with van der Waals surface area (Å²) in [5.41, 5.74) is 1.51. The Labute approximate surface area is 108 Å². The van der Waals surface area contributed by atoms with E-state index in [4.69, 9.17) is 34.8 Å². The minimum Gasteiger partial charge on any atom is -0.216 e. The van der Waals surface area contributed by atoms with Crippen molar-refractivity contribution < 1.29 is 0 Å². The molecule has 0 aliphatic carbocycles. The summed E-state index contributed by atoms with van der Waals surface area (Å²) < 4.78 is 0. The van der Waals surface area contributed by atoms with Crippen LogP contribution in [-0.2, 0) is 0 Å². The lowest BCUT2D eigenvalue weighted by atomic mass is 10.2. The number of aromatic nitrogens is 2. The third-order valence-electron chi connectivity index (χ3n) is 2.13. The van der Waals surface area contributed by atoms with E-state index in [1.807, 2.05) is 12.1 Å². The number of hydrogen-bond acceptors (Lipinski definition) is 2. The van der Waals surface area contributed by atoms with Crippen LogP contribution in [0.3, 0.4) is 0 Å². The summed E-state index contributed by atoms with van der Waals surface area (Å²) in [6.45, 7) is 1.77. The molecule has 82 valence electrons. The Balaban J connectivity index is 2.52. The minimum atomic E-state index is 0.366. The molecular formula is C11H7Cl3N2. The number of halogens is 3. The maximum absolute atomic E-state index is 5.94. The highest BCUT2D eigenvalue weighted by molar-refractivity contribution is 6.34. The van der Waals surface area contributed by atoms with Crippen LogP contribution in [0.4, 0.5) is 0 Å². The van der Waals surface area contributed by atoms with Gasteiger partial charge in [0.25, 0.3) is 0 Å². The molecule has 0 spiro atoms. The van der Waals surface area contributed by atoms with Gasteiger partial charge in [-0.2, -0.15) is 0 Å². The highest BCUT2D eigenvalue weighted by Gasteiger charge is 2.08. The van der Waals surface area contributed by atoms with E-state index >= 15 is 0 Å². The van der Waals surface area contributed by atoms with Crippen molar-refractivity contribution in [3.05, 3.63) is 45.2 Å². The third kappa shape index (κ3) is 2.29. The maximum atomic E-state index is 5.94. The SMILES string of the molecule is Cc1c(Cl)nc(-c2ccc(Cl)cc2)nc1Cl. The van der Waals surface area contributed by atoms with Gasteiger partial charge in [0.05, 0.1) is 0 Å². The Hall–Kier alpha value is -0.830. The molecule has 0 saturated heterocycles. The highest BCUT2D eigenvalue weighted by Crippen LogP contribution is 2.25. The largest absolute Gasteiger partial charge is 0.216 e. The van der Waals surface area contributed by atoms with Crippen LogP contribution in [0.25, 0.3) is 11.4 Å². The summed E-state index contributed by atoms with van der Waals surface area (Å²) in [6.07, 6.45) is 0. The molecule has 0 radical (unpaired) electrons. The first-order valence-electron chi connectivity index (χ1n) is 4.53. The van der Waals surface area contributed by atoms with E-state index < -0.39 is 0 Å². The Morgan fingerprint density at radius 2 is 1.38 bits per heavy atom. The molecule has 0 fully saturated rings. The smallest absolute Gasteiger partial charge is 0.162 e. The molecule has 0 N–H and O–H groups in total. The average Bonchev–Trinajstić information content (AvgIpc) is 2.26. The van der Waals surface area contributed by atoms with Crippen molar-refractivity contribution >= 4 is 34.8 Å². The number of nitrogens with zero attached hydrogens (tertiary/aromatic N) is 2. The molecule has 1 aromatic carbocycles. The van der Waals surface area contributed by atoms with Crippen molar-refractivity contribution in [3.63, 3.8) is 0 Å². The van der Waals surface area contributed by atoms with Crippen molar-refractivity contribution in [1.82, 2.24) is 9.97 Å². The second-order valence-corrected chi connectivity index (χ2v) is 4.41. The Bertz CT molecular complexity index is 500. The second kappa shape index (κ2) is 4.58. The molecule has 1 aromatic heterocycles. The molecular weight excluding hydrogens is 266 g/mol. The summed E-state index contributed by atoms with van der Waals surface area (Å²) in [6, 6.07) is 7.17. The summed E-state index contributed by atoms with van der Waals surface area (Å²) in [4.78, 5) is 8.32. The van der Waals surface area contributed by atoms with Crippen LogP contribution < -0.4 is 0 Å². The summed E-state index contributed by atoms with van der Waals surface area (Å²) in [7, 11) is 0. The molecule has 0 amide bonds. The fourth-order valence-corrected chi connectivity index (χ4v) is 1.71. The van der Waals surface area contributed by atoms with Gasteiger partial charge in [-0.05, 0) is 31.2 Å². The van der Waals surface area contributed by atoms with Gasteiger partial charge in [-0.15, -0.1) is 0 Å². The summed E-state index contributed by atoms with van der Waals surface area (Å²) in [5.74, 6) is 0.497. The number of rotatable bonds is 1. The zero-order valence-corrected chi connectivity index (χ0v) is 10.6. The lowest BCUT2D eigenvalue weighted by molar-refractivity contribution is 1.14. The van der Waals surface area contributed by atoms with Crippen molar-refractivity contribution in [2.24, 2.45) is 0 Å². The van der Waals surface area contributed by atoms with Gasteiger partial charge in [0.1, 0.15) is 10.3 Å². The van der Waals surface area contributed by atoms with Gasteiger partial charge in [-0.25, -0.2) is 9.97 Å². The normalized spacial score (nSPS) is 10.5. The molecule has 1 heterocycles. The molecule has 2 aromatic rings. The predicted molar refractivity (Wildman–Crippen MR) is 67.2 cm³/mol. The van der Waals surface area contributed by atoms with E-state index in [0.29, 0.717) is 26.7 Å². The second-order valence-electron chi connectivity index (χ2n) is 3.26. The molecule has 0 aliphatic heterocycles. The molecule has 0 bridgehead atoms. The first-order chi connectivity index (χ1) is 7.58. The van der Waals surface area contributed by atoms with Gasteiger partial charge in [-0.1, -0.05) is 34.8 Å². The molecule has 2 rings (SSSR count). The minimum absolute atomic E-state index is 0.366.